The fourth-order valence-electron chi connectivity index (χ4n) is 1.04. The van der Waals surface area contributed by atoms with Gasteiger partial charge in [-0.25, -0.2) is 0 Å². The number of nitrogens with zero attached hydrogens (tertiary/aromatic N) is 1. The first-order valence-corrected chi connectivity index (χ1v) is 3.61. The summed E-state index contributed by atoms with van der Waals surface area (Å²) < 4.78 is 0. The van der Waals surface area contributed by atoms with Gasteiger partial charge in [-0.2, -0.15) is 0 Å². The molecule has 0 unspecified atom stereocenters. The molecule has 1 nitrogen and oxygen atoms in total. The average molecular weight is 185 g/mol. The van der Waals surface area contributed by atoms with Crippen molar-refractivity contribution in [3.63, 3.8) is 0 Å². The molecule has 12 heavy (non-hydrogen) atoms. The van der Waals surface area contributed by atoms with Gasteiger partial charge in [-0.1, -0.05) is 36.4 Å². The van der Waals surface area contributed by atoms with Crippen LogP contribution in [-0.4, -0.2) is 7.05 Å². The predicted octanol–water partition coefficient (Wildman–Crippen LogP) is 0.277. The van der Waals surface area contributed by atoms with E-state index < -0.39 is 0 Å². The summed E-state index contributed by atoms with van der Waals surface area (Å²) in [5, 5.41) is 4.11. The van der Waals surface area contributed by atoms with Gasteiger partial charge in [0.05, 0.1) is 0 Å². The Bertz CT molecular complexity index is 269. The van der Waals surface area contributed by atoms with Gasteiger partial charge in [-0.3, -0.25) is 0 Å². The fraction of sp³-hybridized carbons (Fsp3) is 0.200. The topological polar surface area (TPSA) is 14.1 Å². The van der Waals surface area contributed by atoms with Crippen LogP contribution in [0.1, 0.15) is 11.1 Å². The molecular weight excluding hydrogens is 173 g/mol. The molecule has 0 saturated carbocycles. The first-order valence-electron chi connectivity index (χ1n) is 3.61. The molecule has 0 aromatic heterocycles. The summed E-state index contributed by atoms with van der Waals surface area (Å²) in [4.78, 5) is 0. The summed E-state index contributed by atoms with van der Waals surface area (Å²) in [7, 11) is 1.79. The Labute approximate surface area is 117 Å². The van der Waals surface area contributed by atoms with Crippen LogP contribution in [0.3, 0.4) is 0 Å². The summed E-state index contributed by atoms with van der Waals surface area (Å²) in [6.45, 7) is 5.78. The van der Waals surface area contributed by atoms with E-state index >= 15 is 0 Å². The summed E-state index contributed by atoms with van der Waals surface area (Å²) in [5.41, 5.74) is 3.35. The van der Waals surface area contributed by atoms with E-state index in [1.54, 1.807) is 7.05 Å². The van der Waals surface area contributed by atoms with E-state index in [0.29, 0.717) is 0 Å². The maximum Gasteiger partial charge on any atom is 1.00 e. The molecular formula is C10H12KN. The van der Waals surface area contributed by atoms with Crippen molar-refractivity contribution in [2.24, 2.45) is 0 Å². The first-order chi connectivity index (χ1) is 5.27. The van der Waals surface area contributed by atoms with E-state index in [-0.39, 0.29) is 51.4 Å². The second-order valence-corrected chi connectivity index (χ2v) is 2.49. The van der Waals surface area contributed by atoms with E-state index in [1.807, 2.05) is 12.1 Å². The summed E-state index contributed by atoms with van der Waals surface area (Å²) >= 11 is 0. The molecule has 0 heterocycles. The molecule has 2 heteroatoms. The molecule has 1 rings (SSSR count). The van der Waals surface area contributed by atoms with Gasteiger partial charge in [0.2, 0.25) is 0 Å². The molecule has 58 valence electrons. The molecule has 0 amide bonds. The Hall–Kier alpha value is 0.396. The van der Waals surface area contributed by atoms with Crippen LogP contribution in [0.5, 0.6) is 0 Å². The number of hydrogen-bond acceptors (Lipinski definition) is 0. The number of aryl methyl sites for hydroxylation is 1. The maximum absolute atomic E-state index is 4.11. The van der Waals surface area contributed by atoms with Crippen molar-refractivity contribution < 1.29 is 51.4 Å². The zero-order chi connectivity index (χ0) is 8.27. The second-order valence-electron chi connectivity index (χ2n) is 2.49. The summed E-state index contributed by atoms with van der Waals surface area (Å²) in [5.74, 6) is 0. The SMILES string of the molecule is C=Cc1cc(C)ccc1[N-]C.[K+]. The molecule has 0 aliphatic rings. The molecule has 0 N–H and O–H groups in total. The molecule has 0 aliphatic carbocycles. The minimum absolute atomic E-state index is 0. The molecule has 0 atom stereocenters. The standard InChI is InChI=1S/C10H12N.K/c1-4-9-7-8(2)5-6-10(9)11-3;/h4-7H,1H2,2-3H3;/q-1;+1. The predicted molar refractivity (Wildman–Crippen MR) is 50.2 cm³/mol. The zero-order valence-electron chi connectivity index (χ0n) is 7.96. The Morgan fingerprint density at radius 1 is 1.42 bits per heavy atom. The molecule has 0 bridgehead atoms. The fourth-order valence-corrected chi connectivity index (χ4v) is 1.04. The van der Waals surface area contributed by atoms with Crippen LogP contribution >= 0.6 is 0 Å². The normalized spacial score (nSPS) is 8.50. The van der Waals surface area contributed by atoms with Gasteiger partial charge in [0.1, 0.15) is 0 Å². The Balaban J connectivity index is 0.00000121. The third-order valence-corrected chi connectivity index (χ3v) is 1.64. The first kappa shape index (κ1) is 12.4. The van der Waals surface area contributed by atoms with E-state index in [4.69, 9.17) is 0 Å². The van der Waals surface area contributed by atoms with Crippen molar-refractivity contribution in [3.8, 4) is 0 Å². The molecule has 1 aromatic carbocycles. The van der Waals surface area contributed by atoms with Crippen LogP contribution in [0.2, 0.25) is 0 Å². The van der Waals surface area contributed by atoms with Crippen LogP contribution in [0.25, 0.3) is 11.4 Å². The second kappa shape index (κ2) is 5.94. The minimum Gasteiger partial charge on any atom is -0.686 e. The van der Waals surface area contributed by atoms with Gasteiger partial charge in [0.25, 0.3) is 0 Å². The Morgan fingerprint density at radius 3 is 2.58 bits per heavy atom. The van der Waals surface area contributed by atoms with Crippen LogP contribution in [0.15, 0.2) is 24.8 Å². The Kier molecular flexibility index (Phi) is 6.14. The molecule has 0 saturated heterocycles. The smallest absolute Gasteiger partial charge is 0.686 e. The molecule has 1 aromatic rings. The molecule has 0 aliphatic heterocycles. The van der Waals surface area contributed by atoms with Crippen molar-refractivity contribution in [1.82, 2.24) is 0 Å². The van der Waals surface area contributed by atoms with Crippen LogP contribution in [0.4, 0.5) is 5.69 Å². The monoisotopic (exact) mass is 185 g/mol. The zero-order valence-corrected chi connectivity index (χ0v) is 11.1. The van der Waals surface area contributed by atoms with Crippen LogP contribution < -0.4 is 51.4 Å². The third-order valence-electron chi connectivity index (χ3n) is 1.64. The van der Waals surface area contributed by atoms with E-state index in [2.05, 4.69) is 31.0 Å². The van der Waals surface area contributed by atoms with E-state index in [9.17, 15) is 0 Å². The van der Waals surface area contributed by atoms with Crippen molar-refractivity contribution >= 4 is 11.8 Å². The van der Waals surface area contributed by atoms with Crippen molar-refractivity contribution in [2.45, 2.75) is 6.92 Å². The minimum atomic E-state index is 0. The summed E-state index contributed by atoms with van der Waals surface area (Å²) in [6, 6.07) is 6.14. The average Bonchev–Trinajstić information content (AvgIpc) is 2.04. The Morgan fingerprint density at radius 2 is 2.08 bits per heavy atom. The summed E-state index contributed by atoms with van der Waals surface area (Å²) in [6.07, 6.45) is 1.83. The van der Waals surface area contributed by atoms with Crippen molar-refractivity contribution in [3.05, 3.63) is 41.2 Å². The van der Waals surface area contributed by atoms with Gasteiger partial charge < -0.3 is 5.32 Å². The van der Waals surface area contributed by atoms with Gasteiger partial charge >= 0.3 is 51.4 Å². The van der Waals surface area contributed by atoms with E-state index in [0.717, 1.165) is 11.3 Å². The maximum atomic E-state index is 4.11. The van der Waals surface area contributed by atoms with Gasteiger partial charge in [0, 0.05) is 0 Å². The van der Waals surface area contributed by atoms with Crippen LogP contribution in [-0.2, 0) is 0 Å². The molecule has 0 spiro atoms. The third kappa shape index (κ3) is 3.03. The largest absolute Gasteiger partial charge is 1.00 e. The quantitative estimate of drug-likeness (QED) is 0.588. The van der Waals surface area contributed by atoms with Crippen molar-refractivity contribution in [2.75, 3.05) is 7.05 Å². The number of rotatable bonds is 2. The van der Waals surface area contributed by atoms with Gasteiger partial charge in [-0.15, -0.1) is 12.7 Å². The number of hydrogen-bond donors (Lipinski definition) is 0. The van der Waals surface area contributed by atoms with Crippen molar-refractivity contribution in [1.29, 1.82) is 0 Å². The van der Waals surface area contributed by atoms with E-state index in [1.165, 1.54) is 5.56 Å². The molecule has 0 fully saturated rings. The van der Waals surface area contributed by atoms with Crippen LogP contribution in [0, 0.1) is 6.92 Å². The molecule has 0 radical (unpaired) electrons. The number of benzene rings is 1. The van der Waals surface area contributed by atoms with Gasteiger partial charge in [-0.05, 0) is 12.5 Å². The van der Waals surface area contributed by atoms with Gasteiger partial charge in [0.15, 0.2) is 0 Å².